The monoisotopic (exact) mass is 348 g/mol. The van der Waals surface area contributed by atoms with Crippen LogP contribution < -0.4 is 5.32 Å². The number of nitrogens with zero attached hydrogens (tertiary/aromatic N) is 1. The predicted octanol–water partition coefficient (Wildman–Crippen LogP) is 4.45. The zero-order chi connectivity index (χ0) is 17.9. The normalized spacial score (nSPS) is 11.0. The number of hydrogen-bond acceptors (Lipinski definition) is 4. The van der Waals surface area contributed by atoms with Crippen molar-refractivity contribution in [2.75, 3.05) is 5.32 Å². The lowest BCUT2D eigenvalue weighted by molar-refractivity contribution is 0.0636. The molecular weight excluding hydrogens is 332 g/mol. The van der Waals surface area contributed by atoms with E-state index in [1.807, 2.05) is 0 Å². The van der Waals surface area contributed by atoms with E-state index in [2.05, 4.69) is 10.3 Å². The summed E-state index contributed by atoms with van der Waals surface area (Å²) in [5.41, 5.74) is 0.444. The second-order valence-corrected chi connectivity index (χ2v) is 6.50. The number of ether oxygens (including phenoxy) is 1. The molecule has 6 nitrogen and oxygen atoms in total. The molecular formula is C17H17ClN2O4. The number of aromatic nitrogens is 1. The second kappa shape index (κ2) is 6.88. The fourth-order valence-electron chi connectivity index (χ4n) is 1.97. The molecule has 0 aliphatic heterocycles. The smallest absolute Gasteiger partial charge is 0.412 e. The van der Waals surface area contributed by atoms with Gasteiger partial charge in [-0.3, -0.25) is 5.32 Å². The maximum Gasteiger partial charge on any atom is 0.412 e. The minimum atomic E-state index is -1.25. The lowest BCUT2D eigenvalue weighted by Crippen LogP contribution is -2.28. The van der Waals surface area contributed by atoms with E-state index >= 15 is 0 Å². The van der Waals surface area contributed by atoms with Crippen LogP contribution in [0.2, 0.25) is 5.02 Å². The summed E-state index contributed by atoms with van der Waals surface area (Å²) in [5.74, 6) is -1.25. The molecule has 0 spiro atoms. The van der Waals surface area contributed by atoms with Gasteiger partial charge in [-0.25, -0.2) is 14.6 Å². The van der Waals surface area contributed by atoms with Crippen LogP contribution in [0.25, 0.3) is 11.1 Å². The van der Waals surface area contributed by atoms with Gasteiger partial charge >= 0.3 is 12.1 Å². The van der Waals surface area contributed by atoms with Crippen molar-refractivity contribution < 1.29 is 19.4 Å². The van der Waals surface area contributed by atoms with Gasteiger partial charge in [0.1, 0.15) is 5.60 Å². The Morgan fingerprint density at radius 3 is 2.50 bits per heavy atom. The van der Waals surface area contributed by atoms with Gasteiger partial charge in [0.05, 0.1) is 5.69 Å². The molecule has 24 heavy (non-hydrogen) atoms. The Hall–Kier alpha value is -2.60. The highest BCUT2D eigenvalue weighted by Gasteiger charge is 2.20. The first kappa shape index (κ1) is 17.7. The van der Waals surface area contributed by atoms with E-state index in [9.17, 15) is 14.7 Å². The molecule has 1 aromatic carbocycles. The highest BCUT2D eigenvalue weighted by atomic mass is 35.5. The van der Waals surface area contributed by atoms with Gasteiger partial charge in [-0.05, 0) is 44.5 Å². The Kier molecular flexibility index (Phi) is 5.09. The number of benzene rings is 1. The Bertz CT molecular complexity index is 784. The van der Waals surface area contributed by atoms with Gasteiger partial charge in [-0.15, -0.1) is 0 Å². The van der Waals surface area contributed by atoms with Gasteiger partial charge in [-0.1, -0.05) is 23.7 Å². The minimum Gasteiger partial charge on any atom is -0.476 e. The Morgan fingerprint density at radius 1 is 1.21 bits per heavy atom. The molecule has 0 bridgehead atoms. The molecule has 0 aliphatic rings. The summed E-state index contributed by atoms with van der Waals surface area (Å²) in [6.07, 6.45) is 0.658. The summed E-state index contributed by atoms with van der Waals surface area (Å²) in [7, 11) is 0. The first-order valence-corrected chi connectivity index (χ1v) is 7.53. The number of carbonyl (C=O) groups is 2. The maximum atomic E-state index is 11.9. The van der Waals surface area contributed by atoms with Crippen molar-refractivity contribution >= 4 is 29.4 Å². The molecule has 2 aromatic rings. The summed E-state index contributed by atoms with van der Waals surface area (Å²) in [6.45, 7) is 5.14. The van der Waals surface area contributed by atoms with Crippen molar-refractivity contribution in [2.45, 2.75) is 26.4 Å². The van der Waals surface area contributed by atoms with Crippen LogP contribution in [0.1, 0.15) is 31.3 Å². The van der Waals surface area contributed by atoms with Crippen LogP contribution >= 0.6 is 11.6 Å². The third-order valence-corrected chi connectivity index (χ3v) is 3.12. The summed E-state index contributed by atoms with van der Waals surface area (Å²) in [5, 5.41) is 12.2. The molecule has 0 unspecified atom stereocenters. The number of anilines is 1. The van der Waals surface area contributed by atoms with Gasteiger partial charge in [-0.2, -0.15) is 0 Å². The molecule has 0 atom stereocenters. The van der Waals surface area contributed by atoms with Gasteiger partial charge in [0, 0.05) is 16.8 Å². The van der Waals surface area contributed by atoms with Crippen molar-refractivity contribution in [1.29, 1.82) is 0 Å². The zero-order valence-corrected chi connectivity index (χ0v) is 14.2. The molecule has 0 radical (unpaired) electrons. The van der Waals surface area contributed by atoms with Crippen molar-refractivity contribution in [3.63, 3.8) is 0 Å². The van der Waals surface area contributed by atoms with Crippen LogP contribution in [-0.4, -0.2) is 27.8 Å². The van der Waals surface area contributed by atoms with Crippen LogP contribution in [0.4, 0.5) is 10.5 Å². The third kappa shape index (κ3) is 4.70. The number of nitrogens with one attached hydrogen (secondary N) is 1. The van der Waals surface area contributed by atoms with Crippen LogP contribution in [-0.2, 0) is 4.74 Å². The molecule has 1 amide bonds. The first-order valence-electron chi connectivity index (χ1n) is 7.15. The third-order valence-electron chi connectivity index (χ3n) is 2.88. The SMILES string of the molecule is CC(C)(C)OC(=O)Nc1cc(-c2cccc(Cl)c2)cnc1C(=O)O. The summed E-state index contributed by atoms with van der Waals surface area (Å²) < 4.78 is 5.15. The van der Waals surface area contributed by atoms with E-state index in [4.69, 9.17) is 16.3 Å². The van der Waals surface area contributed by atoms with Gasteiger partial charge in [0.2, 0.25) is 0 Å². The standard InChI is InChI=1S/C17H17ClN2O4/c1-17(2,3)24-16(23)20-13-8-11(9-19-14(13)15(21)22)10-5-4-6-12(18)7-10/h4-9H,1-3H3,(H,20,23)(H,21,22). The highest BCUT2D eigenvalue weighted by Crippen LogP contribution is 2.26. The fraction of sp³-hybridized carbons (Fsp3) is 0.235. The van der Waals surface area contributed by atoms with E-state index in [1.165, 1.54) is 12.3 Å². The molecule has 126 valence electrons. The number of amides is 1. The summed E-state index contributed by atoms with van der Waals surface area (Å²) in [4.78, 5) is 27.2. The van der Waals surface area contributed by atoms with E-state index in [-0.39, 0.29) is 11.4 Å². The van der Waals surface area contributed by atoms with Gasteiger partial charge in [0.25, 0.3) is 0 Å². The van der Waals surface area contributed by atoms with E-state index in [0.29, 0.717) is 10.6 Å². The molecule has 1 heterocycles. The van der Waals surface area contributed by atoms with E-state index in [1.54, 1.807) is 45.0 Å². The maximum absolute atomic E-state index is 11.9. The Balaban J connectivity index is 2.38. The molecule has 0 saturated heterocycles. The van der Waals surface area contributed by atoms with Crippen LogP contribution in [0.3, 0.4) is 0 Å². The molecule has 0 saturated carbocycles. The molecule has 7 heteroatoms. The topological polar surface area (TPSA) is 88.5 Å². The van der Waals surface area contributed by atoms with Crippen molar-refractivity contribution in [3.05, 3.63) is 47.2 Å². The number of halogens is 1. The summed E-state index contributed by atoms with van der Waals surface area (Å²) in [6, 6.07) is 8.54. The Morgan fingerprint density at radius 2 is 1.92 bits per heavy atom. The van der Waals surface area contributed by atoms with Crippen molar-refractivity contribution in [2.24, 2.45) is 0 Å². The number of pyridine rings is 1. The van der Waals surface area contributed by atoms with Gasteiger partial charge in [0.15, 0.2) is 5.69 Å². The number of carboxylic acids is 1. The van der Waals surface area contributed by atoms with Gasteiger partial charge < -0.3 is 9.84 Å². The largest absolute Gasteiger partial charge is 0.476 e. The predicted molar refractivity (Wildman–Crippen MR) is 91.5 cm³/mol. The molecule has 0 fully saturated rings. The average molecular weight is 349 g/mol. The average Bonchev–Trinajstić information content (AvgIpc) is 2.44. The fourth-order valence-corrected chi connectivity index (χ4v) is 2.16. The number of carbonyl (C=O) groups excluding carboxylic acids is 1. The van der Waals surface area contributed by atoms with Crippen LogP contribution in [0.15, 0.2) is 36.5 Å². The molecule has 0 aliphatic carbocycles. The van der Waals surface area contributed by atoms with Crippen LogP contribution in [0.5, 0.6) is 0 Å². The van der Waals surface area contributed by atoms with Crippen molar-refractivity contribution in [1.82, 2.24) is 4.98 Å². The quantitative estimate of drug-likeness (QED) is 0.855. The number of hydrogen-bond donors (Lipinski definition) is 2. The van der Waals surface area contributed by atoms with E-state index in [0.717, 1.165) is 5.56 Å². The number of aromatic carboxylic acids is 1. The molecule has 1 aromatic heterocycles. The minimum absolute atomic E-state index is 0.0502. The second-order valence-electron chi connectivity index (χ2n) is 6.06. The lowest BCUT2D eigenvalue weighted by atomic mass is 10.1. The first-order chi connectivity index (χ1) is 11.2. The Labute approximate surface area is 144 Å². The van der Waals surface area contributed by atoms with Crippen LogP contribution in [0, 0.1) is 0 Å². The highest BCUT2D eigenvalue weighted by molar-refractivity contribution is 6.30. The van der Waals surface area contributed by atoms with E-state index < -0.39 is 17.7 Å². The molecule has 2 N–H and O–H groups in total. The lowest BCUT2D eigenvalue weighted by Gasteiger charge is -2.20. The zero-order valence-electron chi connectivity index (χ0n) is 13.5. The number of rotatable bonds is 3. The van der Waals surface area contributed by atoms with Crippen molar-refractivity contribution in [3.8, 4) is 11.1 Å². The number of carboxylic acid groups (broad SMARTS) is 1. The molecule has 2 rings (SSSR count). The summed E-state index contributed by atoms with van der Waals surface area (Å²) >= 11 is 5.97.